The minimum Gasteiger partial charge on any atom is -0.326 e. The zero-order chi connectivity index (χ0) is 17.7. The van der Waals surface area contributed by atoms with Gasteiger partial charge in [0.15, 0.2) is 0 Å². The predicted molar refractivity (Wildman–Crippen MR) is 91.0 cm³/mol. The molecule has 7 heteroatoms. The molecule has 0 bridgehead atoms. The van der Waals surface area contributed by atoms with E-state index in [0.717, 1.165) is 0 Å². The average Bonchev–Trinajstić information content (AvgIpc) is 2.55. The second-order valence-corrected chi connectivity index (χ2v) is 5.45. The van der Waals surface area contributed by atoms with Crippen LogP contribution in [0.3, 0.4) is 0 Å². The molecule has 24 heavy (non-hydrogen) atoms. The highest BCUT2D eigenvalue weighted by Gasteiger charge is 2.15. The summed E-state index contributed by atoms with van der Waals surface area (Å²) in [5.74, 6) is -0.732. The molecule has 0 unspecified atom stereocenters. The van der Waals surface area contributed by atoms with Gasteiger partial charge in [-0.3, -0.25) is 19.7 Å². The number of benzene rings is 2. The summed E-state index contributed by atoms with van der Waals surface area (Å²) in [5.41, 5.74) is 0.864. The number of nitro benzene ring substituents is 1. The molecular formula is C17H17N3O4. The highest BCUT2D eigenvalue weighted by molar-refractivity contribution is 6.05. The largest absolute Gasteiger partial charge is 0.326 e. The summed E-state index contributed by atoms with van der Waals surface area (Å²) in [4.78, 5) is 34.2. The Bertz CT molecular complexity index is 770. The first-order valence-electron chi connectivity index (χ1n) is 7.34. The van der Waals surface area contributed by atoms with Crippen LogP contribution >= 0.6 is 0 Å². The molecule has 124 valence electrons. The number of anilines is 2. The van der Waals surface area contributed by atoms with Gasteiger partial charge in [0.25, 0.3) is 11.6 Å². The van der Waals surface area contributed by atoms with Crippen LogP contribution in [-0.2, 0) is 4.79 Å². The van der Waals surface area contributed by atoms with Gasteiger partial charge in [-0.25, -0.2) is 0 Å². The highest BCUT2D eigenvalue weighted by atomic mass is 16.6. The number of para-hydroxylation sites is 2. The molecule has 0 aliphatic heterocycles. The van der Waals surface area contributed by atoms with Crippen molar-refractivity contribution in [2.24, 2.45) is 5.92 Å². The molecular weight excluding hydrogens is 310 g/mol. The average molecular weight is 327 g/mol. The van der Waals surface area contributed by atoms with E-state index in [2.05, 4.69) is 10.6 Å². The van der Waals surface area contributed by atoms with E-state index in [9.17, 15) is 19.7 Å². The van der Waals surface area contributed by atoms with E-state index in [-0.39, 0.29) is 23.2 Å². The summed E-state index contributed by atoms with van der Waals surface area (Å²) in [6, 6.07) is 12.2. The van der Waals surface area contributed by atoms with Crippen LogP contribution in [0, 0.1) is 16.0 Å². The van der Waals surface area contributed by atoms with E-state index >= 15 is 0 Å². The summed E-state index contributed by atoms with van der Waals surface area (Å²) in [6.07, 6.45) is 0. The first-order chi connectivity index (χ1) is 11.4. The summed E-state index contributed by atoms with van der Waals surface area (Å²) in [5, 5.41) is 16.2. The van der Waals surface area contributed by atoms with Gasteiger partial charge in [-0.2, -0.15) is 0 Å². The maximum atomic E-state index is 12.2. The van der Waals surface area contributed by atoms with E-state index in [1.54, 1.807) is 44.2 Å². The van der Waals surface area contributed by atoms with E-state index in [4.69, 9.17) is 0 Å². The molecule has 0 aliphatic carbocycles. The fraction of sp³-hybridized carbons (Fsp3) is 0.176. The van der Waals surface area contributed by atoms with Crippen molar-refractivity contribution in [2.45, 2.75) is 13.8 Å². The molecule has 0 spiro atoms. The van der Waals surface area contributed by atoms with Gasteiger partial charge in [-0.1, -0.05) is 26.0 Å². The molecule has 0 radical (unpaired) electrons. The summed E-state index contributed by atoms with van der Waals surface area (Å²) in [7, 11) is 0. The molecule has 2 aromatic carbocycles. The molecule has 2 aromatic rings. The summed E-state index contributed by atoms with van der Waals surface area (Å²) < 4.78 is 0. The smallest absolute Gasteiger partial charge is 0.292 e. The van der Waals surface area contributed by atoms with Crippen molar-refractivity contribution < 1.29 is 14.5 Å². The van der Waals surface area contributed by atoms with Gasteiger partial charge in [0.05, 0.1) is 4.92 Å². The third-order valence-electron chi connectivity index (χ3n) is 3.29. The normalized spacial score (nSPS) is 10.3. The molecule has 2 N–H and O–H groups in total. The Morgan fingerprint density at radius 3 is 2.21 bits per heavy atom. The van der Waals surface area contributed by atoms with Crippen molar-refractivity contribution >= 4 is 28.9 Å². The SMILES string of the molecule is CC(C)C(=O)Nc1ccc(C(=O)Nc2ccccc2[N+](=O)[O-])cc1. The van der Waals surface area contributed by atoms with E-state index in [1.165, 1.54) is 18.2 Å². The molecule has 0 heterocycles. The minimum absolute atomic E-state index is 0.118. The Hall–Kier alpha value is -3.22. The summed E-state index contributed by atoms with van der Waals surface area (Å²) >= 11 is 0. The quantitative estimate of drug-likeness (QED) is 0.648. The molecule has 0 saturated heterocycles. The fourth-order valence-electron chi connectivity index (χ4n) is 1.92. The van der Waals surface area contributed by atoms with Crippen LogP contribution in [0.4, 0.5) is 17.1 Å². The lowest BCUT2D eigenvalue weighted by atomic mass is 10.1. The van der Waals surface area contributed by atoms with E-state index in [1.807, 2.05) is 0 Å². The van der Waals surface area contributed by atoms with E-state index < -0.39 is 10.8 Å². The van der Waals surface area contributed by atoms with Crippen LogP contribution in [0.25, 0.3) is 0 Å². The van der Waals surface area contributed by atoms with Crippen LogP contribution in [-0.4, -0.2) is 16.7 Å². The molecule has 0 atom stereocenters. The van der Waals surface area contributed by atoms with E-state index in [0.29, 0.717) is 11.3 Å². The van der Waals surface area contributed by atoms with Crippen molar-refractivity contribution in [3.8, 4) is 0 Å². The maximum Gasteiger partial charge on any atom is 0.292 e. The molecule has 0 aromatic heterocycles. The Morgan fingerprint density at radius 1 is 1.00 bits per heavy atom. The number of nitrogens with one attached hydrogen (secondary N) is 2. The number of amides is 2. The van der Waals surface area contributed by atoms with Gasteiger partial charge in [0.2, 0.25) is 5.91 Å². The molecule has 0 saturated carbocycles. The number of hydrogen-bond acceptors (Lipinski definition) is 4. The number of rotatable bonds is 5. The van der Waals surface area contributed by atoms with Crippen molar-refractivity contribution in [3.63, 3.8) is 0 Å². The first kappa shape index (κ1) is 17.1. The molecule has 2 amide bonds. The lowest BCUT2D eigenvalue weighted by molar-refractivity contribution is -0.383. The fourth-order valence-corrected chi connectivity index (χ4v) is 1.92. The Kier molecular flexibility index (Phi) is 5.26. The topological polar surface area (TPSA) is 101 Å². The number of hydrogen-bond donors (Lipinski definition) is 2. The van der Waals surface area contributed by atoms with Crippen molar-refractivity contribution in [3.05, 3.63) is 64.2 Å². The maximum absolute atomic E-state index is 12.2. The zero-order valence-corrected chi connectivity index (χ0v) is 13.3. The van der Waals surface area contributed by atoms with Crippen LogP contribution in [0.15, 0.2) is 48.5 Å². The Balaban J connectivity index is 2.11. The predicted octanol–water partition coefficient (Wildman–Crippen LogP) is 3.44. The molecule has 0 aliphatic rings. The standard InChI is InChI=1S/C17H17N3O4/c1-11(2)16(21)18-13-9-7-12(8-10-13)17(22)19-14-5-3-4-6-15(14)20(23)24/h3-11H,1-2H3,(H,18,21)(H,19,22). The van der Waals surface area contributed by atoms with Crippen molar-refractivity contribution in [1.82, 2.24) is 0 Å². The van der Waals surface area contributed by atoms with Crippen LogP contribution < -0.4 is 10.6 Å². The number of carbonyl (C=O) groups is 2. The molecule has 0 fully saturated rings. The minimum atomic E-state index is -0.555. The van der Waals surface area contributed by atoms with Crippen LogP contribution in [0.2, 0.25) is 0 Å². The third-order valence-corrected chi connectivity index (χ3v) is 3.29. The second kappa shape index (κ2) is 7.36. The van der Waals surface area contributed by atoms with Gasteiger partial charge in [-0.15, -0.1) is 0 Å². The second-order valence-electron chi connectivity index (χ2n) is 5.45. The lowest BCUT2D eigenvalue weighted by Crippen LogP contribution is -2.18. The van der Waals surface area contributed by atoms with Crippen molar-refractivity contribution in [2.75, 3.05) is 10.6 Å². The monoisotopic (exact) mass is 327 g/mol. The molecule has 7 nitrogen and oxygen atoms in total. The first-order valence-corrected chi connectivity index (χ1v) is 7.34. The van der Waals surface area contributed by atoms with Gasteiger partial charge >= 0.3 is 0 Å². The number of nitro groups is 1. The zero-order valence-electron chi connectivity index (χ0n) is 13.3. The number of carbonyl (C=O) groups excluding carboxylic acids is 2. The number of nitrogens with zero attached hydrogens (tertiary/aromatic N) is 1. The lowest BCUT2D eigenvalue weighted by Gasteiger charge is -2.09. The third kappa shape index (κ3) is 4.16. The Labute approximate surface area is 138 Å². The van der Waals surface area contributed by atoms with Crippen molar-refractivity contribution in [1.29, 1.82) is 0 Å². The van der Waals surface area contributed by atoms with Gasteiger partial charge in [0, 0.05) is 23.2 Å². The Morgan fingerprint density at radius 2 is 1.62 bits per heavy atom. The van der Waals surface area contributed by atoms with Gasteiger partial charge in [-0.05, 0) is 30.3 Å². The molecule has 2 rings (SSSR count). The summed E-state index contributed by atoms with van der Waals surface area (Å²) in [6.45, 7) is 3.56. The van der Waals surface area contributed by atoms with Crippen LogP contribution in [0.5, 0.6) is 0 Å². The van der Waals surface area contributed by atoms with Gasteiger partial charge < -0.3 is 10.6 Å². The highest BCUT2D eigenvalue weighted by Crippen LogP contribution is 2.24. The van der Waals surface area contributed by atoms with Gasteiger partial charge in [0.1, 0.15) is 5.69 Å². The van der Waals surface area contributed by atoms with Crippen LogP contribution in [0.1, 0.15) is 24.2 Å².